The van der Waals surface area contributed by atoms with E-state index >= 15 is 0 Å². The van der Waals surface area contributed by atoms with Gasteiger partial charge < -0.3 is 14.4 Å². The maximum Gasteiger partial charge on any atom is 0.348 e. The quantitative estimate of drug-likeness (QED) is 0.689. The summed E-state index contributed by atoms with van der Waals surface area (Å²) in [6, 6.07) is 13.5. The van der Waals surface area contributed by atoms with Crippen molar-refractivity contribution < 1.29 is 19.1 Å². The molecule has 0 aliphatic heterocycles. The van der Waals surface area contributed by atoms with Gasteiger partial charge in [0.2, 0.25) is 6.10 Å². The molecule has 5 nitrogen and oxygen atoms in total. The molecule has 0 N–H and O–H groups in total. The van der Waals surface area contributed by atoms with E-state index in [1.165, 1.54) is 17.9 Å². The van der Waals surface area contributed by atoms with Crippen LogP contribution in [-0.4, -0.2) is 37.0 Å². The summed E-state index contributed by atoms with van der Waals surface area (Å²) in [5.41, 5.74) is 0.580. The predicted molar refractivity (Wildman–Crippen MR) is 101 cm³/mol. The van der Waals surface area contributed by atoms with Gasteiger partial charge in [-0.1, -0.05) is 53.5 Å². The van der Waals surface area contributed by atoms with Crippen LogP contribution in [0.25, 0.3) is 0 Å². The van der Waals surface area contributed by atoms with Gasteiger partial charge in [0.25, 0.3) is 5.91 Å². The summed E-state index contributed by atoms with van der Waals surface area (Å²) in [6.45, 7) is 1.52. The van der Waals surface area contributed by atoms with E-state index in [1.807, 2.05) is 6.07 Å². The number of carbonyl (C=O) groups excluding carboxylic acids is 2. The molecular formula is C19H19Cl2NO4. The first-order valence-corrected chi connectivity index (χ1v) is 8.63. The molecule has 26 heavy (non-hydrogen) atoms. The minimum atomic E-state index is -1.05. The molecule has 2 rings (SSSR count). The van der Waals surface area contributed by atoms with E-state index in [-0.39, 0.29) is 10.9 Å². The zero-order chi connectivity index (χ0) is 19.3. The minimum Gasteiger partial charge on any atom is -0.477 e. The van der Waals surface area contributed by atoms with Crippen molar-refractivity contribution in [3.05, 3.63) is 64.1 Å². The molecule has 0 aliphatic rings. The lowest BCUT2D eigenvalue weighted by atomic mass is 10.1. The van der Waals surface area contributed by atoms with Gasteiger partial charge in [0, 0.05) is 24.7 Å². The van der Waals surface area contributed by atoms with Crippen molar-refractivity contribution in [3.8, 4) is 5.75 Å². The Kier molecular flexibility index (Phi) is 6.89. The first-order valence-electron chi connectivity index (χ1n) is 7.88. The van der Waals surface area contributed by atoms with Crippen molar-refractivity contribution in [1.82, 2.24) is 4.90 Å². The van der Waals surface area contributed by atoms with Gasteiger partial charge >= 0.3 is 5.97 Å². The van der Waals surface area contributed by atoms with Crippen molar-refractivity contribution in [2.24, 2.45) is 0 Å². The van der Waals surface area contributed by atoms with Crippen molar-refractivity contribution in [2.75, 3.05) is 14.1 Å². The molecule has 0 heterocycles. The summed E-state index contributed by atoms with van der Waals surface area (Å²) in [4.78, 5) is 26.2. The summed E-state index contributed by atoms with van der Waals surface area (Å²) < 4.78 is 11.0. The van der Waals surface area contributed by atoms with Crippen LogP contribution in [0.15, 0.2) is 48.5 Å². The largest absolute Gasteiger partial charge is 0.477 e. The van der Waals surface area contributed by atoms with Crippen LogP contribution in [0, 0.1) is 0 Å². The molecule has 0 aromatic heterocycles. The predicted octanol–water partition coefficient (Wildman–Crippen LogP) is 4.13. The second kappa shape index (κ2) is 8.92. The van der Waals surface area contributed by atoms with Crippen molar-refractivity contribution in [1.29, 1.82) is 0 Å². The molecule has 0 spiro atoms. The average molecular weight is 396 g/mol. The van der Waals surface area contributed by atoms with Gasteiger partial charge in [-0.3, -0.25) is 4.79 Å². The molecule has 0 saturated carbocycles. The summed E-state index contributed by atoms with van der Waals surface area (Å²) in [5, 5.41) is 0.736. The maximum atomic E-state index is 12.4. The minimum absolute atomic E-state index is 0.279. The highest BCUT2D eigenvalue weighted by Crippen LogP contribution is 2.29. The van der Waals surface area contributed by atoms with E-state index in [0.29, 0.717) is 16.3 Å². The average Bonchev–Trinajstić information content (AvgIpc) is 2.61. The zero-order valence-electron chi connectivity index (χ0n) is 14.6. The number of esters is 1. The first kappa shape index (κ1) is 20.1. The fourth-order valence-corrected chi connectivity index (χ4v) is 2.60. The number of likely N-dealkylation sites (N-methyl/N-ethyl adjacent to an activating group) is 1. The van der Waals surface area contributed by atoms with Crippen molar-refractivity contribution >= 4 is 35.1 Å². The van der Waals surface area contributed by atoms with Gasteiger partial charge in [-0.15, -0.1) is 0 Å². The lowest BCUT2D eigenvalue weighted by Gasteiger charge is -2.23. The van der Waals surface area contributed by atoms with Gasteiger partial charge in [-0.25, -0.2) is 4.79 Å². The van der Waals surface area contributed by atoms with E-state index in [0.717, 1.165) is 0 Å². The van der Waals surface area contributed by atoms with E-state index in [4.69, 9.17) is 32.7 Å². The molecule has 2 atom stereocenters. The van der Waals surface area contributed by atoms with Crippen LogP contribution in [0.3, 0.4) is 0 Å². The van der Waals surface area contributed by atoms with Gasteiger partial charge in [0.15, 0.2) is 6.10 Å². The number of benzene rings is 2. The molecule has 1 amide bonds. The Morgan fingerprint density at radius 3 is 2.27 bits per heavy atom. The highest BCUT2D eigenvalue weighted by Gasteiger charge is 2.29. The van der Waals surface area contributed by atoms with E-state index in [1.54, 1.807) is 50.5 Å². The highest BCUT2D eigenvalue weighted by atomic mass is 35.5. The van der Waals surface area contributed by atoms with Gasteiger partial charge in [-0.05, 0) is 25.1 Å². The lowest BCUT2D eigenvalue weighted by Crippen LogP contribution is -2.35. The van der Waals surface area contributed by atoms with Crippen LogP contribution < -0.4 is 4.74 Å². The number of hydrogen-bond acceptors (Lipinski definition) is 4. The number of hydrogen-bond donors (Lipinski definition) is 0. The van der Waals surface area contributed by atoms with E-state index in [9.17, 15) is 9.59 Å². The third-order valence-corrected chi connectivity index (χ3v) is 4.06. The molecule has 0 saturated heterocycles. The van der Waals surface area contributed by atoms with Crippen LogP contribution >= 0.6 is 23.2 Å². The standard InChI is InChI=1S/C19H19Cl2NO4/c1-12(25-16-10-9-14(20)11-15(16)21)19(24)26-17(18(23)22(2)3)13-7-5-4-6-8-13/h4-12,17H,1-3H3/t12-,17+/m1/s1. The van der Waals surface area contributed by atoms with Crippen LogP contribution in [0.2, 0.25) is 10.0 Å². The second-order valence-corrected chi connectivity index (χ2v) is 6.64. The fourth-order valence-electron chi connectivity index (χ4n) is 2.14. The molecule has 7 heteroatoms. The molecule has 0 radical (unpaired) electrons. The highest BCUT2D eigenvalue weighted by molar-refractivity contribution is 6.35. The smallest absolute Gasteiger partial charge is 0.348 e. The Morgan fingerprint density at radius 1 is 1.04 bits per heavy atom. The molecule has 0 fully saturated rings. The second-order valence-electron chi connectivity index (χ2n) is 5.80. The van der Waals surface area contributed by atoms with Crippen LogP contribution in [0.1, 0.15) is 18.6 Å². The van der Waals surface area contributed by atoms with Crippen LogP contribution in [-0.2, 0) is 14.3 Å². The first-order chi connectivity index (χ1) is 12.3. The van der Waals surface area contributed by atoms with E-state index < -0.39 is 18.2 Å². The Balaban J connectivity index is 2.14. The van der Waals surface area contributed by atoms with Gasteiger partial charge in [-0.2, -0.15) is 0 Å². The van der Waals surface area contributed by atoms with Gasteiger partial charge in [0.1, 0.15) is 5.75 Å². The van der Waals surface area contributed by atoms with Crippen molar-refractivity contribution in [2.45, 2.75) is 19.1 Å². The zero-order valence-corrected chi connectivity index (χ0v) is 16.1. The van der Waals surface area contributed by atoms with Crippen molar-refractivity contribution in [3.63, 3.8) is 0 Å². The molecule has 2 aromatic rings. The number of carbonyl (C=O) groups is 2. The summed E-state index contributed by atoms with van der Waals surface area (Å²) >= 11 is 11.9. The molecule has 0 unspecified atom stereocenters. The Morgan fingerprint density at radius 2 is 1.69 bits per heavy atom. The summed E-state index contributed by atoms with van der Waals surface area (Å²) in [6.07, 6.45) is -2.01. The fraction of sp³-hybridized carbons (Fsp3) is 0.263. The van der Waals surface area contributed by atoms with E-state index in [2.05, 4.69) is 0 Å². The summed E-state index contributed by atoms with van der Waals surface area (Å²) in [5.74, 6) is -0.725. The number of ether oxygens (including phenoxy) is 2. The van der Waals surface area contributed by atoms with Crippen LogP contribution in [0.4, 0.5) is 0 Å². The third kappa shape index (κ3) is 5.13. The third-order valence-electron chi connectivity index (χ3n) is 3.53. The molecule has 0 aliphatic carbocycles. The monoisotopic (exact) mass is 395 g/mol. The molecule has 138 valence electrons. The summed E-state index contributed by atoms with van der Waals surface area (Å²) in [7, 11) is 3.19. The number of halogens is 2. The maximum absolute atomic E-state index is 12.4. The van der Waals surface area contributed by atoms with Gasteiger partial charge in [0.05, 0.1) is 5.02 Å². The number of rotatable bonds is 6. The number of nitrogens with zero attached hydrogens (tertiary/aromatic N) is 1. The normalized spacial score (nSPS) is 12.8. The molecule has 0 bridgehead atoms. The topological polar surface area (TPSA) is 55.8 Å². The van der Waals surface area contributed by atoms with Crippen LogP contribution in [0.5, 0.6) is 5.75 Å². The molecular weight excluding hydrogens is 377 g/mol. The lowest BCUT2D eigenvalue weighted by molar-refractivity contribution is -0.165. The SMILES string of the molecule is C[C@@H](Oc1ccc(Cl)cc1Cl)C(=O)O[C@H](C(=O)N(C)C)c1ccccc1. The molecule has 2 aromatic carbocycles. The Hall–Kier alpha value is -2.24. The Labute approximate surface area is 162 Å². The number of amides is 1. The Bertz CT molecular complexity index is 780.